The second-order valence-electron chi connectivity index (χ2n) is 9.39. The van der Waals surface area contributed by atoms with Crippen LogP contribution in [-0.4, -0.2) is 41.8 Å². The monoisotopic (exact) mass is 464 g/mol. The number of carboxylic acids is 1. The molecule has 4 rings (SSSR count). The number of carboxylic acid groups (broad SMARTS) is 1. The molecule has 2 aliphatic rings. The summed E-state index contributed by atoms with van der Waals surface area (Å²) in [6, 6.07) is 15.3. The second-order valence-corrected chi connectivity index (χ2v) is 9.39. The first-order valence-electron chi connectivity index (χ1n) is 12.0. The molecule has 0 aliphatic heterocycles. The summed E-state index contributed by atoms with van der Waals surface area (Å²) in [5.41, 5.74) is 4.66. The number of amides is 2. The number of nitrogens with one attached hydrogen (secondary N) is 2. The molecule has 3 N–H and O–H groups in total. The molecular formula is C27H32N2O5. The van der Waals surface area contributed by atoms with Crippen LogP contribution in [0.25, 0.3) is 11.1 Å². The number of aliphatic carboxylic acids is 1. The third kappa shape index (κ3) is 4.93. The van der Waals surface area contributed by atoms with Gasteiger partial charge in [0.05, 0.1) is 0 Å². The van der Waals surface area contributed by atoms with Crippen molar-refractivity contribution in [3.8, 4) is 11.1 Å². The van der Waals surface area contributed by atoms with Gasteiger partial charge in [0.25, 0.3) is 0 Å². The third-order valence-electron chi connectivity index (χ3n) is 7.25. The van der Waals surface area contributed by atoms with Gasteiger partial charge in [0.1, 0.15) is 12.6 Å². The highest BCUT2D eigenvalue weighted by Gasteiger charge is 2.35. The van der Waals surface area contributed by atoms with E-state index in [2.05, 4.69) is 34.9 Å². The molecule has 0 saturated heterocycles. The smallest absolute Gasteiger partial charge is 0.407 e. The van der Waals surface area contributed by atoms with Gasteiger partial charge in [0.2, 0.25) is 5.91 Å². The van der Waals surface area contributed by atoms with E-state index in [1.165, 1.54) is 11.1 Å². The van der Waals surface area contributed by atoms with Crippen molar-refractivity contribution in [3.63, 3.8) is 0 Å². The van der Waals surface area contributed by atoms with Crippen LogP contribution < -0.4 is 10.6 Å². The zero-order valence-corrected chi connectivity index (χ0v) is 19.6. The van der Waals surface area contributed by atoms with Crippen LogP contribution in [0.3, 0.4) is 0 Å². The third-order valence-corrected chi connectivity index (χ3v) is 7.25. The molecule has 0 spiro atoms. The van der Waals surface area contributed by atoms with E-state index < -0.39 is 18.1 Å². The SMILES string of the molecule is CC[C@H](C)[C@H](NC(=O)C1CCC(NC(=O)OCC2c3ccccc3-c3ccccc32)C1)C(=O)O. The highest BCUT2D eigenvalue weighted by atomic mass is 16.5. The highest BCUT2D eigenvalue weighted by Crippen LogP contribution is 2.44. The van der Waals surface area contributed by atoms with E-state index in [1.54, 1.807) is 0 Å². The van der Waals surface area contributed by atoms with Crippen LogP contribution in [0.15, 0.2) is 48.5 Å². The lowest BCUT2D eigenvalue weighted by atomic mass is 9.98. The van der Waals surface area contributed by atoms with E-state index in [4.69, 9.17) is 4.74 Å². The van der Waals surface area contributed by atoms with Crippen LogP contribution in [0.1, 0.15) is 56.6 Å². The molecule has 7 nitrogen and oxygen atoms in total. The van der Waals surface area contributed by atoms with Crippen molar-refractivity contribution in [1.29, 1.82) is 0 Å². The predicted octanol–water partition coefficient (Wildman–Crippen LogP) is 4.31. The maximum Gasteiger partial charge on any atom is 0.407 e. The first-order chi connectivity index (χ1) is 16.4. The fourth-order valence-electron chi connectivity index (χ4n) is 5.11. The van der Waals surface area contributed by atoms with Gasteiger partial charge in [0.15, 0.2) is 0 Å². The highest BCUT2D eigenvalue weighted by molar-refractivity contribution is 5.85. The molecule has 0 heterocycles. The van der Waals surface area contributed by atoms with Crippen LogP contribution in [-0.2, 0) is 14.3 Å². The number of fused-ring (bicyclic) bond motifs is 3. The minimum Gasteiger partial charge on any atom is -0.480 e. The number of alkyl carbamates (subject to hydrolysis) is 1. The molecule has 2 aromatic carbocycles. The van der Waals surface area contributed by atoms with Gasteiger partial charge in [-0.25, -0.2) is 9.59 Å². The summed E-state index contributed by atoms with van der Waals surface area (Å²) in [4.78, 5) is 36.7. The Morgan fingerprint density at radius 2 is 1.65 bits per heavy atom. The zero-order valence-electron chi connectivity index (χ0n) is 19.6. The summed E-state index contributed by atoms with van der Waals surface area (Å²) in [7, 11) is 0. The molecule has 0 radical (unpaired) electrons. The van der Waals surface area contributed by atoms with E-state index in [1.807, 2.05) is 38.1 Å². The Bertz CT molecular complexity index is 1020. The average molecular weight is 465 g/mol. The number of benzene rings is 2. The fraction of sp³-hybridized carbons (Fsp3) is 0.444. The van der Waals surface area contributed by atoms with Gasteiger partial charge in [-0.15, -0.1) is 0 Å². The standard InChI is InChI=1S/C27H32N2O5/c1-3-16(2)24(26(31)32)29-25(30)17-12-13-18(14-17)28-27(33)34-15-23-21-10-6-4-8-19(21)20-9-5-7-11-22(20)23/h4-11,16-18,23-24H,3,12-15H2,1-2H3,(H,28,33)(H,29,30)(H,31,32)/t16-,17?,18?,24-/m0/s1. The normalized spacial score (nSPS) is 20.6. The summed E-state index contributed by atoms with van der Waals surface area (Å²) in [5, 5.41) is 15.0. The summed E-state index contributed by atoms with van der Waals surface area (Å²) < 4.78 is 5.61. The Morgan fingerprint density at radius 1 is 1.03 bits per heavy atom. The number of rotatable bonds is 8. The van der Waals surface area contributed by atoms with Gasteiger partial charge < -0.3 is 20.5 Å². The summed E-state index contributed by atoms with van der Waals surface area (Å²) in [6.07, 6.45) is 1.91. The molecule has 2 aliphatic carbocycles. The molecule has 4 atom stereocenters. The van der Waals surface area contributed by atoms with Gasteiger partial charge >= 0.3 is 12.1 Å². The molecule has 2 unspecified atom stereocenters. The lowest BCUT2D eigenvalue weighted by Gasteiger charge is -2.22. The van der Waals surface area contributed by atoms with Crippen LogP contribution in [0.2, 0.25) is 0 Å². The van der Waals surface area contributed by atoms with Crippen molar-refractivity contribution in [2.24, 2.45) is 11.8 Å². The number of hydrogen-bond donors (Lipinski definition) is 3. The zero-order chi connectivity index (χ0) is 24.2. The first-order valence-corrected chi connectivity index (χ1v) is 12.0. The lowest BCUT2D eigenvalue weighted by molar-refractivity contribution is -0.144. The van der Waals surface area contributed by atoms with Crippen molar-refractivity contribution >= 4 is 18.0 Å². The largest absolute Gasteiger partial charge is 0.480 e. The quantitative estimate of drug-likeness (QED) is 0.540. The number of hydrogen-bond acceptors (Lipinski definition) is 4. The van der Waals surface area contributed by atoms with Crippen LogP contribution in [0.5, 0.6) is 0 Å². The molecule has 34 heavy (non-hydrogen) atoms. The molecule has 0 aromatic heterocycles. The molecule has 1 saturated carbocycles. The number of ether oxygens (including phenoxy) is 1. The van der Waals surface area contributed by atoms with Crippen molar-refractivity contribution in [2.45, 2.75) is 57.5 Å². The Labute approximate surface area is 199 Å². The Morgan fingerprint density at radius 3 is 2.24 bits per heavy atom. The predicted molar refractivity (Wildman–Crippen MR) is 128 cm³/mol. The van der Waals surface area contributed by atoms with E-state index in [9.17, 15) is 19.5 Å². The summed E-state index contributed by atoms with van der Waals surface area (Å²) >= 11 is 0. The van der Waals surface area contributed by atoms with Crippen molar-refractivity contribution in [1.82, 2.24) is 10.6 Å². The Hall–Kier alpha value is -3.35. The van der Waals surface area contributed by atoms with Gasteiger partial charge in [-0.05, 0) is 47.4 Å². The molecule has 0 bridgehead atoms. The molecular weight excluding hydrogens is 432 g/mol. The molecule has 1 fully saturated rings. The Balaban J connectivity index is 1.29. The molecule has 7 heteroatoms. The summed E-state index contributed by atoms with van der Waals surface area (Å²) in [5.74, 6) is -1.75. The van der Waals surface area contributed by atoms with Gasteiger partial charge in [-0.3, -0.25) is 4.79 Å². The van der Waals surface area contributed by atoms with Gasteiger partial charge in [-0.2, -0.15) is 0 Å². The van der Waals surface area contributed by atoms with Crippen molar-refractivity contribution in [2.75, 3.05) is 6.61 Å². The fourth-order valence-corrected chi connectivity index (χ4v) is 5.11. The summed E-state index contributed by atoms with van der Waals surface area (Å²) in [6.45, 7) is 3.96. The average Bonchev–Trinajstić information content (AvgIpc) is 3.43. The van der Waals surface area contributed by atoms with E-state index >= 15 is 0 Å². The maximum atomic E-state index is 12.6. The van der Waals surface area contributed by atoms with Crippen molar-refractivity contribution in [3.05, 3.63) is 59.7 Å². The minimum absolute atomic E-state index is 0.00578. The minimum atomic E-state index is -1.02. The van der Waals surface area contributed by atoms with Crippen LogP contribution >= 0.6 is 0 Å². The topological polar surface area (TPSA) is 105 Å². The molecule has 2 amide bonds. The second kappa shape index (κ2) is 10.3. The number of carbonyl (C=O) groups excluding carboxylic acids is 2. The van der Waals surface area contributed by atoms with Crippen LogP contribution in [0, 0.1) is 11.8 Å². The number of carbonyl (C=O) groups is 3. The molecule has 2 aromatic rings. The van der Waals surface area contributed by atoms with Crippen LogP contribution in [0.4, 0.5) is 4.79 Å². The first kappa shape index (κ1) is 23.8. The maximum absolute atomic E-state index is 12.6. The van der Waals surface area contributed by atoms with E-state index in [0.717, 1.165) is 11.1 Å². The van der Waals surface area contributed by atoms with Gasteiger partial charge in [0, 0.05) is 17.9 Å². The lowest BCUT2D eigenvalue weighted by Crippen LogP contribution is -2.47. The van der Waals surface area contributed by atoms with Crippen molar-refractivity contribution < 1.29 is 24.2 Å². The van der Waals surface area contributed by atoms with Gasteiger partial charge in [-0.1, -0.05) is 68.8 Å². The van der Waals surface area contributed by atoms with E-state index in [0.29, 0.717) is 25.7 Å². The molecule has 180 valence electrons. The Kier molecular flexibility index (Phi) is 7.20. The van der Waals surface area contributed by atoms with E-state index in [-0.39, 0.29) is 36.3 Å².